The number of nitrogens with one attached hydrogen (secondary N) is 1. The standard InChI is InChI=1S/C11H14FNO2/c1-11(12)5-9(6-11)13-10(14)4-8-2-3-15-7-8/h2-3,7,9H,4-6H2,1H3,(H,13,14). The van der Waals surface area contributed by atoms with E-state index in [4.69, 9.17) is 4.42 Å². The van der Waals surface area contributed by atoms with Crippen molar-refractivity contribution < 1.29 is 13.6 Å². The Labute approximate surface area is 87.7 Å². The predicted molar refractivity (Wildman–Crippen MR) is 53.1 cm³/mol. The number of hydrogen-bond donors (Lipinski definition) is 1. The number of rotatable bonds is 3. The third-order valence-corrected chi connectivity index (χ3v) is 2.65. The van der Waals surface area contributed by atoms with E-state index in [0.29, 0.717) is 19.3 Å². The molecule has 1 fully saturated rings. The van der Waals surface area contributed by atoms with Crippen LogP contribution in [0.5, 0.6) is 0 Å². The minimum absolute atomic E-state index is 0.000555. The van der Waals surface area contributed by atoms with Gasteiger partial charge in [0.05, 0.1) is 18.9 Å². The molecule has 0 spiro atoms. The van der Waals surface area contributed by atoms with Gasteiger partial charge in [0.25, 0.3) is 0 Å². The highest BCUT2D eigenvalue weighted by Gasteiger charge is 2.41. The Kier molecular flexibility index (Phi) is 2.50. The quantitative estimate of drug-likeness (QED) is 0.828. The van der Waals surface area contributed by atoms with E-state index in [1.54, 1.807) is 19.3 Å². The van der Waals surface area contributed by atoms with Crippen LogP contribution in [0.15, 0.2) is 23.0 Å². The molecule has 0 atom stereocenters. The molecule has 1 heterocycles. The summed E-state index contributed by atoms with van der Waals surface area (Å²) in [5.41, 5.74) is -0.247. The molecule has 2 rings (SSSR count). The molecule has 0 radical (unpaired) electrons. The van der Waals surface area contributed by atoms with Crippen LogP contribution in [0.3, 0.4) is 0 Å². The molecule has 0 bridgehead atoms. The lowest BCUT2D eigenvalue weighted by Gasteiger charge is -2.38. The summed E-state index contributed by atoms with van der Waals surface area (Å²) in [6, 6.07) is 1.75. The first-order chi connectivity index (χ1) is 7.05. The first kappa shape index (κ1) is 10.2. The molecule has 1 aliphatic rings. The van der Waals surface area contributed by atoms with Gasteiger partial charge in [-0.3, -0.25) is 4.79 Å². The molecular weight excluding hydrogens is 197 g/mol. The second-order valence-corrected chi connectivity index (χ2v) is 4.39. The maximum atomic E-state index is 13.1. The molecule has 82 valence electrons. The minimum Gasteiger partial charge on any atom is -0.472 e. The smallest absolute Gasteiger partial charge is 0.224 e. The molecule has 4 heteroatoms. The second kappa shape index (κ2) is 3.68. The van der Waals surface area contributed by atoms with E-state index in [-0.39, 0.29) is 11.9 Å². The van der Waals surface area contributed by atoms with Crippen LogP contribution in [0.25, 0.3) is 0 Å². The summed E-state index contributed by atoms with van der Waals surface area (Å²) in [5, 5.41) is 2.79. The van der Waals surface area contributed by atoms with Crippen molar-refractivity contribution in [2.45, 2.75) is 37.9 Å². The van der Waals surface area contributed by atoms with Gasteiger partial charge in [-0.25, -0.2) is 4.39 Å². The van der Waals surface area contributed by atoms with Gasteiger partial charge in [0.1, 0.15) is 5.67 Å². The monoisotopic (exact) mass is 211 g/mol. The molecule has 1 aromatic heterocycles. The third kappa shape index (κ3) is 2.58. The summed E-state index contributed by atoms with van der Waals surface area (Å²) in [4.78, 5) is 11.4. The van der Waals surface area contributed by atoms with Gasteiger partial charge in [0.15, 0.2) is 0 Å². The molecule has 3 nitrogen and oxygen atoms in total. The lowest BCUT2D eigenvalue weighted by atomic mass is 9.79. The van der Waals surface area contributed by atoms with Crippen molar-refractivity contribution in [1.82, 2.24) is 5.32 Å². The van der Waals surface area contributed by atoms with Crippen LogP contribution in [0.2, 0.25) is 0 Å². The zero-order valence-corrected chi connectivity index (χ0v) is 8.63. The van der Waals surface area contributed by atoms with Crippen LogP contribution in [0, 0.1) is 0 Å². The van der Waals surface area contributed by atoms with Gasteiger partial charge < -0.3 is 9.73 Å². The van der Waals surface area contributed by atoms with Crippen LogP contribution in [-0.4, -0.2) is 17.6 Å². The molecule has 1 aliphatic carbocycles. The summed E-state index contributed by atoms with van der Waals surface area (Å²) in [5.74, 6) is -0.0723. The largest absolute Gasteiger partial charge is 0.472 e. The molecule has 1 aromatic rings. The number of furan rings is 1. The average Bonchev–Trinajstić information content (AvgIpc) is 2.52. The van der Waals surface area contributed by atoms with Crippen LogP contribution in [0.4, 0.5) is 4.39 Å². The lowest BCUT2D eigenvalue weighted by Crippen LogP contribution is -2.51. The van der Waals surface area contributed by atoms with E-state index in [1.807, 2.05) is 0 Å². The Balaban J connectivity index is 1.75. The Hall–Kier alpha value is -1.32. The summed E-state index contributed by atoms with van der Waals surface area (Å²) >= 11 is 0. The molecule has 1 amide bonds. The molecule has 0 aromatic carbocycles. The van der Waals surface area contributed by atoms with Crippen LogP contribution in [-0.2, 0) is 11.2 Å². The second-order valence-electron chi connectivity index (χ2n) is 4.39. The average molecular weight is 211 g/mol. The van der Waals surface area contributed by atoms with Gasteiger partial charge in [-0.15, -0.1) is 0 Å². The highest BCUT2D eigenvalue weighted by molar-refractivity contribution is 5.78. The molecule has 1 saturated carbocycles. The Morgan fingerprint density at radius 3 is 3.00 bits per heavy atom. The third-order valence-electron chi connectivity index (χ3n) is 2.65. The van der Waals surface area contributed by atoms with Crippen molar-refractivity contribution >= 4 is 5.91 Å². The summed E-state index contributed by atoms with van der Waals surface area (Å²) < 4.78 is 18.0. The van der Waals surface area contributed by atoms with Gasteiger partial charge in [-0.1, -0.05) is 0 Å². The topological polar surface area (TPSA) is 42.2 Å². The van der Waals surface area contributed by atoms with Gasteiger partial charge in [0.2, 0.25) is 5.91 Å². The van der Waals surface area contributed by atoms with Gasteiger partial charge in [-0.2, -0.15) is 0 Å². The normalized spacial score (nSPS) is 29.6. The molecule has 15 heavy (non-hydrogen) atoms. The number of halogens is 1. The summed E-state index contributed by atoms with van der Waals surface area (Å²) in [6.07, 6.45) is 4.22. The van der Waals surface area contributed by atoms with Crippen LogP contribution >= 0.6 is 0 Å². The van der Waals surface area contributed by atoms with E-state index in [2.05, 4.69) is 5.32 Å². The van der Waals surface area contributed by atoms with Crippen molar-refractivity contribution in [1.29, 1.82) is 0 Å². The van der Waals surface area contributed by atoms with Crippen molar-refractivity contribution in [2.75, 3.05) is 0 Å². The number of hydrogen-bond acceptors (Lipinski definition) is 2. The fourth-order valence-corrected chi connectivity index (χ4v) is 1.93. The first-order valence-corrected chi connectivity index (χ1v) is 5.04. The Morgan fingerprint density at radius 1 is 1.73 bits per heavy atom. The SMILES string of the molecule is CC1(F)CC(NC(=O)Cc2ccoc2)C1. The molecule has 0 saturated heterocycles. The van der Waals surface area contributed by atoms with Crippen molar-refractivity contribution in [3.63, 3.8) is 0 Å². The van der Waals surface area contributed by atoms with E-state index in [0.717, 1.165) is 5.56 Å². The fraction of sp³-hybridized carbons (Fsp3) is 0.545. The molecule has 1 N–H and O–H groups in total. The van der Waals surface area contributed by atoms with Crippen LogP contribution < -0.4 is 5.32 Å². The van der Waals surface area contributed by atoms with Gasteiger partial charge in [-0.05, 0) is 18.6 Å². The fourth-order valence-electron chi connectivity index (χ4n) is 1.93. The summed E-state index contributed by atoms with van der Waals surface area (Å²) in [7, 11) is 0. The summed E-state index contributed by atoms with van der Waals surface area (Å²) in [6.45, 7) is 1.56. The van der Waals surface area contributed by atoms with Gasteiger partial charge >= 0.3 is 0 Å². The highest BCUT2D eigenvalue weighted by atomic mass is 19.1. The Morgan fingerprint density at radius 2 is 2.47 bits per heavy atom. The van der Waals surface area contributed by atoms with Crippen LogP contribution in [0.1, 0.15) is 25.3 Å². The number of amides is 1. The Bertz CT molecular complexity index is 337. The zero-order chi connectivity index (χ0) is 10.9. The predicted octanol–water partition coefficient (Wildman–Crippen LogP) is 1.83. The van der Waals surface area contributed by atoms with Crippen molar-refractivity contribution in [3.05, 3.63) is 24.2 Å². The maximum absolute atomic E-state index is 13.1. The van der Waals surface area contributed by atoms with Crippen molar-refractivity contribution in [2.24, 2.45) is 0 Å². The maximum Gasteiger partial charge on any atom is 0.224 e. The molecule has 0 unspecified atom stereocenters. The zero-order valence-electron chi connectivity index (χ0n) is 8.63. The number of carbonyl (C=O) groups is 1. The van der Waals surface area contributed by atoms with E-state index in [1.165, 1.54) is 6.26 Å². The highest BCUT2D eigenvalue weighted by Crippen LogP contribution is 2.35. The number of carbonyl (C=O) groups excluding carboxylic acids is 1. The van der Waals surface area contributed by atoms with Gasteiger partial charge in [0, 0.05) is 18.9 Å². The van der Waals surface area contributed by atoms with E-state index in [9.17, 15) is 9.18 Å². The first-order valence-electron chi connectivity index (χ1n) is 5.04. The number of alkyl halides is 1. The van der Waals surface area contributed by atoms with E-state index < -0.39 is 5.67 Å². The van der Waals surface area contributed by atoms with E-state index >= 15 is 0 Å². The molecule has 0 aliphatic heterocycles. The van der Waals surface area contributed by atoms with Crippen molar-refractivity contribution in [3.8, 4) is 0 Å². The minimum atomic E-state index is -1.09. The lowest BCUT2D eigenvalue weighted by molar-refractivity contribution is -0.122. The molecular formula is C11H14FNO2.